The van der Waals surface area contributed by atoms with Crippen molar-refractivity contribution in [2.24, 2.45) is 0 Å². The Morgan fingerprint density at radius 1 is 0.210 bits per heavy atom. The van der Waals surface area contributed by atoms with Gasteiger partial charge in [0.25, 0.3) is 0 Å². The molecule has 0 spiro atoms. The van der Waals surface area contributed by atoms with E-state index in [0.717, 1.165) is 11.4 Å². The third-order valence-corrected chi connectivity index (χ3v) is 12.5. The van der Waals surface area contributed by atoms with Crippen molar-refractivity contribution in [3.63, 3.8) is 0 Å². The van der Waals surface area contributed by atoms with Gasteiger partial charge in [0.05, 0.1) is 22.1 Å². The summed E-state index contributed by atoms with van der Waals surface area (Å²) < 4.78 is 4.85. The van der Waals surface area contributed by atoms with Gasteiger partial charge in [0.1, 0.15) is 0 Å². The maximum atomic E-state index is 2.43. The Balaban J connectivity index is 1.05. The van der Waals surface area contributed by atoms with Crippen LogP contribution in [0.4, 0.5) is 0 Å². The van der Waals surface area contributed by atoms with Crippen LogP contribution in [0.1, 0.15) is 0 Å². The van der Waals surface area contributed by atoms with Crippen LogP contribution in [0.3, 0.4) is 0 Å². The molecule has 2 heterocycles. The highest BCUT2D eigenvalue weighted by molar-refractivity contribution is 6.16. The molecule has 62 heavy (non-hydrogen) atoms. The van der Waals surface area contributed by atoms with Crippen LogP contribution in [0.2, 0.25) is 0 Å². The number of para-hydroxylation sites is 2. The molecule has 2 nitrogen and oxygen atoms in total. The van der Waals surface area contributed by atoms with Crippen LogP contribution in [-0.2, 0) is 0 Å². The van der Waals surface area contributed by atoms with Gasteiger partial charge in [0.2, 0.25) is 0 Å². The van der Waals surface area contributed by atoms with Gasteiger partial charge >= 0.3 is 0 Å². The summed E-state index contributed by atoms with van der Waals surface area (Å²) in [7, 11) is 0. The lowest BCUT2D eigenvalue weighted by atomic mass is 9.91. The Bertz CT molecular complexity index is 3610. The van der Waals surface area contributed by atoms with E-state index in [-0.39, 0.29) is 0 Å². The lowest BCUT2D eigenvalue weighted by Crippen LogP contribution is -1.94. The molecule has 10 aromatic carbocycles. The van der Waals surface area contributed by atoms with Crippen LogP contribution in [-0.4, -0.2) is 9.13 Å². The summed E-state index contributed by atoms with van der Waals surface area (Å²) in [4.78, 5) is 0. The number of benzene rings is 10. The average molecular weight is 789 g/mol. The Labute approximate surface area is 360 Å². The standard InChI is InChI=1S/C60H40N2/c1-4-17-41(18-5-1)44-23-14-25-50(38-44)61-56-30-12-10-27-53(56)55-40-46(33-34-58(55)61)48-35-47(43-21-8-3-9-22-43)36-49(37-48)52-29-16-32-59-60(52)54-28-11-13-31-57(54)62(59)51-26-15-24-45(39-51)42-19-6-2-7-20-42/h1-40H. The van der Waals surface area contributed by atoms with E-state index in [1.807, 2.05) is 0 Å². The van der Waals surface area contributed by atoms with Crippen LogP contribution in [0.5, 0.6) is 0 Å². The first kappa shape index (κ1) is 35.7. The highest BCUT2D eigenvalue weighted by Crippen LogP contribution is 2.43. The maximum Gasteiger partial charge on any atom is 0.0547 e. The van der Waals surface area contributed by atoms with E-state index in [0.29, 0.717) is 0 Å². The molecule has 290 valence electrons. The molecule has 0 unspecified atom stereocenters. The van der Waals surface area contributed by atoms with Crippen LogP contribution in [0, 0.1) is 0 Å². The van der Waals surface area contributed by atoms with E-state index < -0.39 is 0 Å². The van der Waals surface area contributed by atoms with E-state index >= 15 is 0 Å². The largest absolute Gasteiger partial charge is 0.309 e. The van der Waals surface area contributed by atoms with Crippen LogP contribution >= 0.6 is 0 Å². The molecule has 0 N–H and O–H groups in total. The highest BCUT2D eigenvalue weighted by Gasteiger charge is 2.19. The summed E-state index contributed by atoms with van der Waals surface area (Å²) in [6.07, 6.45) is 0. The predicted molar refractivity (Wildman–Crippen MR) is 262 cm³/mol. The average Bonchev–Trinajstić information content (AvgIpc) is 3.87. The molecular weight excluding hydrogens is 749 g/mol. The minimum Gasteiger partial charge on any atom is -0.309 e. The molecule has 0 aliphatic heterocycles. The van der Waals surface area contributed by atoms with Crippen molar-refractivity contribution in [1.82, 2.24) is 9.13 Å². The minimum atomic E-state index is 1.15. The summed E-state index contributed by atoms with van der Waals surface area (Å²) in [6, 6.07) is 88.5. The number of hydrogen-bond donors (Lipinski definition) is 0. The summed E-state index contributed by atoms with van der Waals surface area (Å²) in [5.41, 5.74) is 19.0. The van der Waals surface area contributed by atoms with Crippen molar-refractivity contribution < 1.29 is 0 Å². The fraction of sp³-hybridized carbons (Fsp3) is 0. The number of aromatic nitrogens is 2. The summed E-state index contributed by atoms with van der Waals surface area (Å²) in [5.74, 6) is 0. The molecule has 2 heteroatoms. The van der Waals surface area contributed by atoms with Crippen molar-refractivity contribution in [3.8, 4) is 67.0 Å². The van der Waals surface area contributed by atoms with Gasteiger partial charge in [-0.15, -0.1) is 0 Å². The van der Waals surface area contributed by atoms with Gasteiger partial charge in [0, 0.05) is 32.9 Å². The van der Waals surface area contributed by atoms with E-state index in [1.165, 1.54) is 99.2 Å². The first-order chi connectivity index (χ1) is 30.7. The van der Waals surface area contributed by atoms with Crippen molar-refractivity contribution in [2.45, 2.75) is 0 Å². The van der Waals surface area contributed by atoms with Crippen LogP contribution in [0.25, 0.3) is 111 Å². The zero-order valence-corrected chi connectivity index (χ0v) is 34.0. The molecule has 0 aliphatic rings. The smallest absolute Gasteiger partial charge is 0.0547 e. The van der Waals surface area contributed by atoms with Gasteiger partial charge in [0.15, 0.2) is 0 Å². The van der Waals surface area contributed by atoms with Gasteiger partial charge in [-0.2, -0.15) is 0 Å². The molecule has 0 aliphatic carbocycles. The SMILES string of the molecule is c1ccc(-c2cc(-c3ccc4c(c3)c3ccccc3n4-c3cccc(-c4ccccc4)c3)cc(-c3cccc4c3c3ccccc3n4-c3cccc(-c4ccccc4)c3)c2)cc1. The second kappa shape index (κ2) is 14.8. The molecular formula is C60H40N2. The normalized spacial score (nSPS) is 11.5. The number of fused-ring (bicyclic) bond motifs is 6. The van der Waals surface area contributed by atoms with Gasteiger partial charge in [-0.05, 0) is 128 Å². The quantitative estimate of drug-likeness (QED) is 0.152. The summed E-state index contributed by atoms with van der Waals surface area (Å²) in [6.45, 7) is 0. The zero-order valence-electron chi connectivity index (χ0n) is 34.0. The first-order valence-corrected chi connectivity index (χ1v) is 21.3. The number of hydrogen-bond acceptors (Lipinski definition) is 0. The monoisotopic (exact) mass is 788 g/mol. The topological polar surface area (TPSA) is 9.86 Å². The molecule has 0 amide bonds. The van der Waals surface area contributed by atoms with Gasteiger partial charge in [-0.1, -0.05) is 170 Å². The van der Waals surface area contributed by atoms with E-state index in [1.54, 1.807) is 0 Å². The Hall–Kier alpha value is -8.20. The fourth-order valence-electron chi connectivity index (χ4n) is 9.63. The number of rotatable bonds is 7. The third-order valence-electron chi connectivity index (χ3n) is 12.5. The number of nitrogens with zero attached hydrogens (tertiary/aromatic N) is 2. The molecule has 0 atom stereocenters. The van der Waals surface area contributed by atoms with Crippen molar-refractivity contribution in [2.75, 3.05) is 0 Å². The molecule has 0 radical (unpaired) electrons. The molecule has 0 fully saturated rings. The van der Waals surface area contributed by atoms with Crippen LogP contribution < -0.4 is 0 Å². The van der Waals surface area contributed by atoms with Gasteiger partial charge in [-0.3, -0.25) is 0 Å². The predicted octanol–water partition coefficient (Wildman–Crippen LogP) is 16.2. The first-order valence-electron chi connectivity index (χ1n) is 21.3. The van der Waals surface area contributed by atoms with E-state index in [9.17, 15) is 0 Å². The molecule has 0 bridgehead atoms. The Morgan fingerprint density at radius 2 is 0.629 bits per heavy atom. The lowest BCUT2D eigenvalue weighted by molar-refractivity contribution is 1.18. The van der Waals surface area contributed by atoms with Gasteiger partial charge < -0.3 is 9.13 Å². The molecule has 12 rings (SSSR count). The molecule has 0 saturated heterocycles. The third kappa shape index (κ3) is 6.04. The van der Waals surface area contributed by atoms with Crippen molar-refractivity contribution in [3.05, 3.63) is 243 Å². The lowest BCUT2D eigenvalue weighted by Gasteiger charge is -2.14. The molecule has 12 aromatic rings. The van der Waals surface area contributed by atoms with E-state index in [4.69, 9.17) is 0 Å². The zero-order chi connectivity index (χ0) is 41.0. The van der Waals surface area contributed by atoms with Gasteiger partial charge in [-0.25, -0.2) is 0 Å². The summed E-state index contributed by atoms with van der Waals surface area (Å²) >= 11 is 0. The maximum absolute atomic E-state index is 2.43. The summed E-state index contributed by atoms with van der Waals surface area (Å²) in [5, 5.41) is 4.96. The fourth-order valence-corrected chi connectivity index (χ4v) is 9.63. The second-order valence-electron chi connectivity index (χ2n) is 16.1. The molecule has 0 saturated carbocycles. The Kier molecular flexibility index (Phi) is 8.53. The van der Waals surface area contributed by atoms with Crippen molar-refractivity contribution >= 4 is 43.6 Å². The minimum absolute atomic E-state index is 1.15. The molecule has 2 aromatic heterocycles. The van der Waals surface area contributed by atoms with Crippen molar-refractivity contribution in [1.29, 1.82) is 0 Å². The Morgan fingerprint density at radius 3 is 1.26 bits per heavy atom. The highest BCUT2D eigenvalue weighted by atomic mass is 15.0. The second-order valence-corrected chi connectivity index (χ2v) is 16.1. The van der Waals surface area contributed by atoms with Crippen LogP contribution in [0.15, 0.2) is 243 Å². The van der Waals surface area contributed by atoms with E-state index in [2.05, 4.69) is 252 Å².